The average molecular weight is 504 g/mol. The van der Waals surface area contributed by atoms with Gasteiger partial charge in [-0.1, -0.05) is 81.4 Å². The summed E-state index contributed by atoms with van der Waals surface area (Å²) in [6.45, 7) is 7.14. The van der Waals surface area contributed by atoms with Crippen molar-refractivity contribution in [1.82, 2.24) is 19.5 Å². The molecule has 0 spiro atoms. The number of ether oxygens (including phenoxy) is 1. The number of nitrogens with zero attached hydrogens (tertiary/aromatic N) is 4. The van der Waals surface area contributed by atoms with Gasteiger partial charge in [0.25, 0.3) is 8.32 Å². The van der Waals surface area contributed by atoms with E-state index in [9.17, 15) is 5.11 Å². The van der Waals surface area contributed by atoms with Gasteiger partial charge in [-0.15, -0.1) is 0 Å². The summed E-state index contributed by atoms with van der Waals surface area (Å²) in [5.74, 6) is 0.256. The lowest BCUT2D eigenvalue weighted by Crippen LogP contribution is -2.67. The summed E-state index contributed by atoms with van der Waals surface area (Å²) in [5, 5.41) is 12.5. The number of aromatic nitrogens is 4. The van der Waals surface area contributed by atoms with Gasteiger partial charge in [0.1, 0.15) is 18.1 Å². The van der Waals surface area contributed by atoms with E-state index in [1.54, 1.807) is 6.33 Å². The van der Waals surface area contributed by atoms with Crippen molar-refractivity contribution in [3.63, 3.8) is 0 Å². The third kappa shape index (κ3) is 4.22. The first-order chi connectivity index (χ1) is 17.3. The number of rotatable bonds is 7. The van der Waals surface area contributed by atoms with E-state index in [-0.39, 0.29) is 29.9 Å². The van der Waals surface area contributed by atoms with Crippen LogP contribution in [0, 0.1) is 5.92 Å². The summed E-state index contributed by atoms with van der Waals surface area (Å²) < 4.78 is 15.5. The number of hydrogen-bond acceptors (Lipinski definition) is 7. The van der Waals surface area contributed by atoms with Gasteiger partial charge in [-0.25, -0.2) is 15.0 Å². The van der Waals surface area contributed by atoms with Crippen LogP contribution in [-0.2, 0) is 9.16 Å². The lowest BCUT2D eigenvalue weighted by molar-refractivity contribution is -0.0300. The maximum Gasteiger partial charge on any atom is 0.261 e. The standard InChI is InChI=1S/C27H33N5O3Si/c1-27(2,3)36(20-10-6-4-7-11-20,21-12-8-5-9-13-21)34-16-22-19(15-33)14-23(35-22)32-18-31-24-25(28)29-17-30-26(24)32/h4-13,17-19,22-23,33H,14-16H2,1-3H3,(H2,28,29,30)/t19-,22-,23+/m0/s1. The number of nitrogen functional groups attached to an aromatic ring is 1. The van der Waals surface area contributed by atoms with Crippen LogP contribution in [0.5, 0.6) is 0 Å². The van der Waals surface area contributed by atoms with Crippen molar-refractivity contribution in [2.24, 2.45) is 5.92 Å². The second-order valence-corrected chi connectivity index (χ2v) is 14.7. The smallest absolute Gasteiger partial charge is 0.261 e. The van der Waals surface area contributed by atoms with Gasteiger partial charge >= 0.3 is 0 Å². The molecule has 3 heterocycles. The average Bonchev–Trinajstić information content (AvgIpc) is 3.50. The number of nitrogens with two attached hydrogens (primary N) is 1. The molecule has 9 heteroatoms. The molecule has 2 aromatic carbocycles. The van der Waals surface area contributed by atoms with Crippen LogP contribution in [0.4, 0.5) is 5.82 Å². The van der Waals surface area contributed by atoms with E-state index in [2.05, 4.69) is 84.3 Å². The minimum absolute atomic E-state index is 0.00896. The molecule has 0 unspecified atom stereocenters. The second kappa shape index (κ2) is 9.74. The summed E-state index contributed by atoms with van der Waals surface area (Å²) in [6.07, 6.45) is 3.13. The highest BCUT2D eigenvalue weighted by Gasteiger charge is 2.51. The zero-order valence-corrected chi connectivity index (χ0v) is 21.9. The largest absolute Gasteiger partial charge is 0.405 e. The Hall–Kier alpha value is -3.11. The number of imidazole rings is 1. The maximum atomic E-state index is 10.2. The number of fused-ring (bicyclic) bond motifs is 1. The molecule has 0 saturated carbocycles. The third-order valence-corrected chi connectivity index (χ3v) is 12.2. The van der Waals surface area contributed by atoms with Crippen LogP contribution in [0.25, 0.3) is 11.2 Å². The van der Waals surface area contributed by atoms with Gasteiger partial charge in [0.2, 0.25) is 0 Å². The monoisotopic (exact) mass is 503 g/mol. The molecule has 3 atom stereocenters. The summed E-state index contributed by atoms with van der Waals surface area (Å²) >= 11 is 0. The Kier molecular flexibility index (Phi) is 6.65. The SMILES string of the molecule is CC(C)(C)[Si](OC[C@@H]1O[C@@H](n2cnc3c(N)ncnc32)C[C@H]1CO)(c1ccccc1)c1ccccc1. The molecule has 0 bridgehead atoms. The Balaban J connectivity index is 1.47. The van der Waals surface area contributed by atoms with Crippen LogP contribution >= 0.6 is 0 Å². The van der Waals surface area contributed by atoms with Crippen molar-refractivity contribution in [2.75, 3.05) is 18.9 Å². The first-order valence-electron chi connectivity index (χ1n) is 12.3. The van der Waals surface area contributed by atoms with E-state index in [1.165, 1.54) is 16.7 Å². The zero-order chi connectivity index (χ0) is 25.3. The van der Waals surface area contributed by atoms with Crippen LogP contribution in [0.3, 0.4) is 0 Å². The summed E-state index contributed by atoms with van der Waals surface area (Å²) in [4.78, 5) is 12.8. The third-order valence-electron chi connectivity index (χ3n) is 7.17. The molecule has 1 aliphatic rings. The van der Waals surface area contributed by atoms with Crippen molar-refractivity contribution in [2.45, 2.75) is 44.6 Å². The lowest BCUT2D eigenvalue weighted by atomic mass is 10.0. The van der Waals surface area contributed by atoms with Crippen LogP contribution in [-0.4, -0.2) is 52.3 Å². The van der Waals surface area contributed by atoms with E-state index in [0.29, 0.717) is 30.0 Å². The maximum absolute atomic E-state index is 10.2. The number of aliphatic hydroxyl groups is 1. The Labute approximate surface area is 212 Å². The molecule has 1 fully saturated rings. The fraction of sp³-hybridized carbons (Fsp3) is 0.370. The molecule has 8 nitrogen and oxygen atoms in total. The number of hydrogen-bond donors (Lipinski definition) is 2. The van der Waals surface area contributed by atoms with Crippen LogP contribution in [0.2, 0.25) is 5.04 Å². The highest BCUT2D eigenvalue weighted by atomic mass is 28.4. The topological polar surface area (TPSA) is 108 Å². The van der Waals surface area contributed by atoms with Gasteiger partial charge < -0.3 is 20.0 Å². The quantitative estimate of drug-likeness (QED) is 0.373. The van der Waals surface area contributed by atoms with E-state index < -0.39 is 8.32 Å². The predicted molar refractivity (Wildman–Crippen MR) is 142 cm³/mol. The first-order valence-corrected chi connectivity index (χ1v) is 14.2. The minimum Gasteiger partial charge on any atom is -0.405 e. The number of benzene rings is 2. The molecule has 0 aliphatic carbocycles. The molecule has 188 valence electrons. The molecule has 3 N–H and O–H groups in total. The Bertz CT molecular complexity index is 1270. The molecule has 4 aromatic rings. The number of anilines is 1. The van der Waals surface area contributed by atoms with Gasteiger partial charge in [-0.2, -0.15) is 0 Å². The molecule has 0 radical (unpaired) electrons. The van der Waals surface area contributed by atoms with Gasteiger partial charge in [-0.05, 0) is 15.4 Å². The Morgan fingerprint density at radius 3 is 2.25 bits per heavy atom. The first kappa shape index (κ1) is 24.6. The van der Waals surface area contributed by atoms with E-state index in [4.69, 9.17) is 14.9 Å². The fourth-order valence-electron chi connectivity index (χ4n) is 5.38. The molecule has 5 rings (SSSR count). The Morgan fingerprint density at radius 2 is 1.67 bits per heavy atom. The molecular formula is C27H33N5O3Si. The predicted octanol–water partition coefficient (Wildman–Crippen LogP) is 2.88. The van der Waals surface area contributed by atoms with E-state index >= 15 is 0 Å². The molecule has 2 aromatic heterocycles. The van der Waals surface area contributed by atoms with Gasteiger partial charge in [0.05, 0.1) is 19.0 Å². The lowest BCUT2D eigenvalue weighted by Gasteiger charge is -2.43. The van der Waals surface area contributed by atoms with Gasteiger partial charge in [-0.3, -0.25) is 4.57 Å². The Morgan fingerprint density at radius 1 is 1.03 bits per heavy atom. The molecule has 1 saturated heterocycles. The second-order valence-electron chi connectivity index (χ2n) is 10.4. The van der Waals surface area contributed by atoms with Crippen molar-refractivity contribution < 1.29 is 14.3 Å². The van der Waals surface area contributed by atoms with Gasteiger partial charge in [0.15, 0.2) is 11.5 Å². The zero-order valence-electron chi connectivity index (χ0n) is 20.9. The molecule has 36 heavy (non-hydrogen) atoms. The van der Waals surface area contributed by atoms with Crippen molar-refractivity contribution in [3.8, 4) is 0 Å². The van der Waals surface area contributed by atoms with Gasteiger partial charge in [0, 0.05) is 18.9 Å². The fourth-order valence-corrected chi connectivity index (χ4v) is 9.95. The number of aliphatic hydroxyl groups excluding tert-OH is 1. The minimum atomic E-state index is -2.72. The van der Waals surface area contributed by atoms with E-state index in [0.717, 1.165) is 0 Å². The summed E-state index contributed by atoms with van der Waals surface area (Å²) in [5.41, 5.74) is 7.15. The van der Waals surface area contributed by atoms with Crippen LogP contribution in [0.15, 0.2) is 73.3 Å². The van der Waals surface area contributed by atoms with Crippen molar-refractivity contribution in [3.05, 3.63) is 73.3 Å². The van der Waals surface area contributed by atoms with Crippen LogP contribution in [0.1, 0.15) is 33.4 Å². The van der Waals surface area contributed by atoms with Crippen molar-refractivity contribution >= 4 is 35.7 Å². The van der Waals surface area contributed by atoms with Crippen LogP contribution < -0.4 is 16.1 Å². The summed E-state index contributed by atoms with van der Waals surface area (Å²) in [7, 11) is -2.72. The highest BCUT2D eigenvalue weighted by molar-refractivity contribution is 6.99. The van der Waals surface area contributed by atoms with E-state index in [1.807, 2.05) is 16.7 Å². The molecular weight excluding hydrogens is 470 g/mol. The molecule has 0 amide bonds. The van der Waals surface area contributed by atoms with Crippen molar-refractivity contribution in [1.29, 1.82) is 0 Å². The summed E-state index contributed by atoms with van der Waals surface area (Å²) in [6, 6.07) is 21.1. The highest BCUT2D eigenvalue weighted by Crippen LogP contribution is 2.39. The molecule has 1 aliphatic heterocycles. The normalized spacial score (nSPS) is 20.7.